The van der Waals surface area contributed by atoms with Crippen molar-refractivity contribution < 1.29 is 4.92 Å². The fraction of sp³-hybridized carbons (Fsp3) is 0.222. The van der Waals surface area contributed by atoms with Crippen LogP contribution in [-0.4, -0.2) is 17.5 Å². The normalized spacial score (nSPS) is 15.5. The largest absolute Gasteiger partial charge is 0.366 e. The highest BCUT2D eigenvalue weighted by Gasteiger charge is 2.25. The average Bonchev–Trinajstić information content (AvgIpc) is 2.51. The van der Waals surface area contributed by atoms with Gasteiger partial charge in [0.2, 0.25) is 0 Å². The number of hydrogen-bond donors (Lipinski definition) is 0. The van der Waals surface area contributed by atoms with E-state index in [9.17, 15) is 10.1 Å². The zero-order valence-corrected chi connectivity index (χ0v) is 12.9. The Morgan fingerprint density at radius 3 is 2.32 bits per heavy atom. The summed E-state index contributed by atoms with van der Waals surface area (Å²) in [7, 11) is 2.09. The second-order valence-corrected chi connectivity index (χ2v) is 6.12. The van der Waals surface area contributed by atoms with Crippen molar-refractivity contribution in [3.8, 4) is 11.1 Å². The van der Waals surface area contributed by atoms with E-state index < -0.39 is 0 Å². The van der Waals surface area contributed by atoms with Crippen LogP contribution in [-0.2, 0) is 0 Å². The van der Waals surface area contributed by atoms with E-state index >= 15 is 0 Å². The molecular weight excluding hydrogens is 276 g/mol. The van der Waals surface area contributed by atoms with Gasteiger partial charge in [0.15, 0.2) is 0 Å². The Balaban J connectivity index is 1.99. The summed E-state index contributed by atoms with van der Waals surface area (Å²) < 4.78 is 0. The maximum absolute atomic E-state index is 10.7. The molecule has 0 aliphatic carbocycles. The summed E-state index contributed by atoms with van der Waals surface area (Å²) in [6.45, 7) is 4.35. The van der Waals surface area contributed by atoms with Crippen molar-refractivity contribution in [1.29, 1.82) is 0 Å². The molecule has 0 fully saturated rings. The number of nitrogens with zero attached hydrogens (tertiary/aromatic N) is 2. The van der Waals surface area contributed by atoms with Crippen molar-refractivity contribution in [3.63, 3.8) is 0 Å². The summed E-state index contributed by atoms with van der Waals surface area (Å²) in [6.07, 6.45) is 4.33. The van der Waals surface area contributed by atoms with Crippen molar-refractivity contribution in [2.45, 2.75) is 19.4 Å². The molecule has 1 aliphatic heterocycles. The Morgan fingerprint density at radius 1 is 1.05 bits per heavy atom. The molecule has 0 N–H and O–H groups in total. The lowest BCUT2D eigenvalue weighted by Crippen LogP contribution is -2.41. The number of non-ortho nitro benzene ring substituents is 1. The molecule has 22 heavy (non-hydrogen) atoms. The quantitative estimate of drug-likeness (QED) is 0.605. The fourth-order valence-corrected chi connectivity index (χ4v) is 2.66. The molecule has 0 radical (unpaired) electrons. The van der Waals surface area contributed by atoms with Crippen molar-refractivity contribution in [2.24, 2.45) is 0 Å². The predicted octanol–water partition coefficient (Wildman–Crippen LogP) is 4.50. The van der Waals surface area contributed by atoms with Crippen LogP contribution in [0.2, 0.25) is 0 Å². The van der Waals surface area contributed by atoms with E-state index in [4.69, 9.17) is 0 Å². The van der Waals surface area contributed by atoms with Crippen LogP contribution < -0.4 is 4.90 Å². The molecule has 4 heteroatoms. The standard InChI is InChI=1S/C18H18N2O2/c1-18(2)11-10-15-12-14(6-9-17(15)19(18)3)13-4-7-16(8-5-13)20(21)22/h4-12H,1-3H3. The first kappa shape index (κ1) is 14.3. The number of rotatable bonds is 2. The van der Waals surface area contributed by atoms with Crippen molar-refractivity contribution >= 4 is 17.5 Å². The summed E-state index contributed by atoms with van der Waals surface area (Å²) >= 11 is 0. The number of hydrogen-bond acceptors (Lipinski definition) is 3. The van der Waals surface area contributed by atoms with E-state index in [1.54, 1.807) is 24.3 Å². The molecule has 0 saturated carbocycles. The van der Waals surface area contributed by atoms with Gasteiger partial charge < -0.3 is 4.90 Å². The van der Waals surface area contributed by atoms with Gasteiger partial charge in [0, 0.05) is 24.9 Å². The SMILES string of the molecule is CN1c2ccc(-c3ccc([N+](=O)[O-])cc3)cc2C=CC1(C)C. The summed E-state index contributed by atoms with van der Waals surface area (Å²) in [5.74, 6) is 0. The van der Waals surface area contributed by atoms with Gasteiger partial charge in [0.25, 0.3) is 5.69 Å². The average molecular weight is 294 g/mol. The van der Waals surface area contributed by atoms with E-state index in [0.717, 1.165) is 16.7 Å². The molecule has 1 heterocycles. The summed E-state index contributed by atoms with van der Waals surface area (Å²) in [4.78, 5) is 12.6. The third-order valence-corrected chi connectivity index (χ3v) is 4.34. The Labute approximate surface area is 129 Å². The van der Waals surface area contributed by atoms with Crippen molar-refractivity contribution in [3.05, 3.63) is 64.2 Å². The summed E-state index contributed by atoms with van der Waals surface area (Å²) in [5, 5.41) is 10.7. The molecule has 0 unspecified atom stereocenters. The van der Waals surface area contributed by atoms with Crippen LogP contribution in [0.3, 0.4) is 0 Å². The molecule has 0 saturated heterocycles. The molecule has 0 atom stereocenters. The van der Waals surface area contributed by atoms with Gasteiger partial charge in [0.1, 0.15) is 0 Å². The van der Waals surface area contributed by atoms with E-state index in [1.165, 1.54) is 5.69 Å². The lowest BCUT2D eigenvalue weighted by atomic mass is 9.92. The second kappa shape index (κ2) is 4.98. The Morgan fingerprint density at radius 2 is 1.68 bits per heavy atom. The monoisotopic (exact) mass is 294 g/mol. The van der Waals surface area contributed by atoms with Crippen molar-refractivity contribution in [2.75, 3.05) is 11.9 Å². The molecule has 2 aromatic rings. The Hall–Kier alpha value is -2.62. The zero-order valence-electron chi connectivity index (χ0n) is 12.9. The number of anilines is 1. The molecule has 0 amide bonds. The number of benzene rings is 2. The molecule has 3 rings (SSSR count). The number of nitro groups is 1. The van der Waals surface area contributed by atoms with Gasteiger partial charge in [-0.05, 0) is 54.8 Å². The minimum absolute atomic E-state index is 0.00186. The summed E-state index contributed by atoms with van der Waals surface area (Å²) in [5.41, 5.74) is 4.52. The Kier molecular flexibility index (Phi) is 3.24. The third-order valence-electron chi connectivity index (χ3n) is 4.34. The van der Waals surface area contributed by atoms with Gasteiger partial charge >= 0.3 is 0 Å². The zero-order chi connectivity index (χ0) is 15.9. The van der Waals surface area contributed by atoms with Gasteiger partial charge in [-0.25, -0.2) is 0 Å². The third kappa shape index (κ3) is 2.37. The highest BCUT2D eigenvalue weighted by atomic mass is 16.6. The van der Waals surface area contributed by atoms with Crippen LogP contribution in [0.1, 0.15) is 19.4 Å². The van der Waals surface area contributed by atoms with Gasteiger partial charge in [-0.3, -0.25) is 10.1 Å². The molecule has 0 aromatic heterocycles. The highest BCUT2D eigenvalue weighted by Crippen LogP contribution is 2.36. The van der Waals surface area contributed by atoms with Crippen LogP contribution in [0.25, 0.3) is 17.2 Å². The van der Waals surface area contributed by atoms with Gasteiger partial charge in [-0.2, -0.15) is 0 Å². The van der Waals surface area contributed by atoms with Crippen LogP contribution in [0, 0.1) is 10.1 Å². The number of likely N-dealkylation sites (N-methyl/N-ethyl adjacent to an activating group) is 1. The van der Waals surface area contributed by atoms with Crippen LogP contribution in [0.5, 0.6) is 0 Å². The first-order valence-electron chi connectivity index (χ1n) is 7.20. The van der Waals surface area contributed by atoms with E-state index in [1.807, 2.05) is 0 Å². The van der Waals surface area contributed by atoms with Gasteiger partial charge in [-0.15, -0.1) is 0 Å². The van der Waals surface area contributed by atoms with Crippen LogP contribution >= 0.6 is 0 Å². The van der Waals surface area contributed by atoms with Gasteiger partial charge in [-0.1, -0.05) is 18.2 Å². The topological polar surface area (TPSA) is 46.4 Å². The smallest absolute Gasteiger partial charge is 0.269 e. The minimum atomic E-state index is -0.379. The maximum Gasteiger partial charge on any atom is 0.269 e. The second-order valence-electron chi connectivity index (χ2n) is 6.12. The van der Waals surface area contributed by atoms with E-state index in [2.05, 4.69) is 56.1 Å². The first-order valence-corrected chi connectivity index (χ1v) is 7.20. The minimum Gasteiger partial charge on any atom is -0.366 e. The number of nitro benzene ring substituents is 1. The Bertz CT molecular complexity index is 761. The van der Waals surface area contributed by atoms with Crippen molar-refractivity contribution in [1.82, 2.24) is 0 Å². The molecule has 0 bridgehead atoms. The molecule has 1 aliphatic rings. The predicted molar refractivity (Wildman–Crippen MR) is 90.0 cm³/mol. The van der Waals surface area contributed by atoms with Crippen LogP contribution in [0.15, 0.2) is 48.5 Å². The van der Waals surface area contributed by atoms with E-state index in [-0.39, 0.29) is 16.1 Å². The molecule has 0 spiro atoms. The maximum atomic E-state index is 10.7. The molecular formula is C18H18N2O2. The summed E-state index contributed by atoms with van der Waals surface area (Å²) in [6, 6.07) is 13.0. The lowest BCUT2D eigenvalue weighted by Gasteiger charge is -2.39. The van der Waals surface area contributed by atoms with Gasteiger partial charge in [0.05, 0.1) is 10.5 Å². The lowest BCUT2D eigenvalue weighted by molar-refractivity contribution is -0.384. The van der Waals surface area contributed by atoms with E-state index in [0.29, 0.717) is 0 Å². The fourth-order valence-electron chi connectivity index (χ4n) is 2.66. The van der Waals surface area contributed by atoms with Crippen LogP contribution in [0.4, 0.5) is 11.4 Å². The molecule has 112 valence electrons. The highest BCUT2D eigenvalue weighted by molar-refractivity contribution is 5.79. The first-order chi connectivity index (χ1) is 10.4. The number of fused-ring (bicyclic) bond motifs is 1. The molecule has 2 aromatic carbocycles. The molecule has 4 nitrogen and oxygen atoms in total.